The van der Waals surface area contributed by atoms with Crippen LogP contribution in [0.25, 0.3) is 0 Å². The predicted octanol–water partition coefficient (Wildman–Crippen LogP) is 1.80. The van der Waals surface area contributed by atoms with Crippen molar-refractivity contribution in [2.45, 2.75) is 11.4 Å². The fraction of sp³-hybridized carbons (Fsp3) is 0.182. The minimum absolute atomic E-state index is 0.0317. The molecule has 0 atom stereocenters. The maximum atomic E-state index is 11.5. The number of nitrogens with zero attached hydrogens (tertiary/aromatic N) is 3. The number of hydrogen-bond donors (Lipinski definition) is 0. The molecule has 0 saturated carbocycles. The minimum Gasteiger partial charge on any atom is -0.490 e. The standard InChI is InChI=1S/C11H10ClN3O5S/c12-21(18,19)11-7-9(15(16)17)1-2-10(11)20-6-5-14-4-3-13-8-14/h1-4,7-8H,5-6H2. The molecule has 1 heterocycles. The summed E-state index contributed by atoms with van der Waals surface area (Å²) in [4.78, 5) is 13.4. The molecule has 112 valence electrons. The molecule has 0 aliphatic rings. The van der Waals surface area contributed by atoms with Crippen LogP contribution < -0.4 is 4.74 Å². The number of halogens is 1. The Bertz CT molecular complexity index is 745. The van der Waals surface area contributed by atoms with E-state index in [1.165, 1.54) is 6.07 Å². The maximum absolute atomic E-state index is 11.5. The smallest absolute Gasteiger partial charge is 0.271 e. The molecule has 0 saturated heterocycles. The van der Waals surface area contributed by atoms with Crippen LogP contribution in [0, 0.1) is 10.1 Å². The third-order valence-corrected chi connectivity index (χ3v) is 3.91. The third-order valence-electron chi connectivity index (χ3n) is 2.57. The lowest BCUT2D eigenvalue weighted by atomic mass is 10.3. The van der Waals surface area contributed by atoms with Crippen molar-refractivity contribution in [3.63, 3.8) is 0 Å². The molecule has 10 heteroatoms. The van der Waals surface area contributed by atoms with E-state index in [2.05, 4.69) is 4.98 Å². The second kappa shape index (κ2) is 6.10. The summed E-state index contributed by atoms with van der Waals surface area (Å²) < 4.78 is 30.0. The Morgan fingerprint density at radius 1 is 1.43 bits per heavy atom. The summed E-state index contributed by atoms with van der Waals surface area (Å²) in [7, 11) is 1.12. The van der Waals surface area contributed by atoms with Crippen molar-refractivity contribution in [2.75, 3.05) is 6.61 Å². The second-order valence-corrected chi connectivity index (χ2v) is 6.51. The summed E-state index contributed by atoms with van der Waals surface area (Å²) in [6, 6.07) is 3.23. The van der Waals surface area contributed by atoms with Gasteiger partial charge in [0, 0.05) is 35.2 Å². The number of non-ortho nitro benzene ring substituents is 1. The number of nitro benzene ring substituents is 1. The van der Waals surface area contributed by atoms with Crippen LogP contribution >= 0.6 is 10.7 Å². The van der Waals surface area contributed by atoms with Crippen LogP contribution in [-0.4, -0.2) is 29.5 Å². The molecule has 2 aromatic rings. The van der Waals surface area contributed by atoms with Crippen LogP contribution in [0.15, 0.2) is 41.8 Å². The average molecular weight is 332 g/mol. The number of hydrogen-bond acceptors (Lipinski definition) is 6. The Balaban J connectivity index is 2.20. The molecule has 0 amide bonds. The van der Waals surface area contributed by atoms with E-state index in [9.17, 15) is 18.5 Å². The number of imidazole rings is 1. The van der Waals surface area contributed by atoms with E-state index >= 15 is 0 Å². The highest BCUT2D eigenvalue weighted by molar-refractivity contribution is 8.13. The first-order valence-electron chi connectivity index (χ1n) is 5.69. The lowest BCUT2D eigenvalue weighted by molar-refractivity contribution is -0.385. The zero-order valence-electron chi connectivity index (χ0n) is 10.5. The molecule has 8 nitrogen and oxygen atoms in total. The van der Waals surface area contributed by atoms with Gasteiger partial charge in [-0.05, 0) is 6.07 Å². The summed E-state index contributed by atoms with van der Waals surface area (Å²) in [6.45, 7) is 0.604. The Morgan fingerprint density at radius 3 is 2.76 bits per heavy atom. The SMILES string of the molecule is O=[N+]([O-])c1ccc(OCCn2ccnc2)c(S(=O)(=O)Cl)c1. The molecule has 0 fully saturated rings. The van der Waals surface area contributed by atoms with E-state index in [0.717, 1.165) is 12.1 Å². The number of aromatic nitrogens is 2. The van der Waals surface area contributed by atoms with Crippen molar-refractivity contribution < 1.29 is 18.1 Å². The highest BCUT2D eigenvalue weighted by atomic mass is 35.7. The number of ether oxygens (including phenoxy) is 1. The Kier molecular flexibility index (Phi) is 4.43. The van der Waals surface area contributed by atoms with Crippen LogP contribution in [0.2, 0.25) is 0 Å². The van der Waals surface area contributed by atoms with E-state index in [4.69, 9.17) is 15.4 Å². The van der Waals surface area contributed by atoms with Gasteiger partial charge in [0.05, 0.1) is 17.8 Å². The van der Waals surface area contributed by atoms with Gasteiger partial charge in [0.15, 0.2) is 0 Å². The maximum Gasteiger partial charge on any atom is 0.271 e. The van der Waals surface area contributed by atoms with Crippen molar-refractivity contribution in [1.82, 2.24) is 9.55 Å². The lowest BCUT2D eigenvalue weighted by Gasteiger charge is -2.09. The summed E-state index contributed by atoms with van der Waals surface area (Å²) in [5.74, 6) is -0.0317. The van der Waals surface area contributed by atoms with Gasteiger partial charge in [-0.15, -0.1) is 0 Å². The van der Waals surface area contributed by atoms with Gasteiger partial charge in [-0.3, -0.25) is 10.1 Å². The Labute approximate surface area is 124 Å². The van der Waals surface area contributed by atoms with E-state index in [-0.39, 0.29) is 18.0 Å². The lowest BCUT2D eigenvalue weighted by Crippen LogP contribution is -2.08. The molecular weight excluding hydrogens is 322 g/mol. The number of nitro groups is 1. The summed E-state index contributed by atoms with van der Waals surface area (Å²) in [6.07, 6.45) is 4.90. The first-order chi connectivity index (χ1) is 9.88. The average Bonchev–Trinajstić information content (AvgIpc) is 2.90. The van der Waals surface area contributed by atoms with E-state index in [0.29, 0.717) is 6.54 Å². The van der Waals surface area contributed by atoms with Crippen LogP contribution in [-0.2, 0) is 15.6 Å². The molecule has 2 rings (SSSR count). The fourth-order valence-electron chi connectivity index (χ4n) is 1.60. The zero-order valence-corrected chi connectivity index (χ0v) is 12.1. The second-order valence-electron chi connectivity index (χ2n) is 3.97. The molecule has 0 bridgehead atoms. The van der Waals surface area contributed by atoms with Crippen LogP contribution in [0.3, 0.4) is 0 Å². The first-order valence-corrected chi connectivity index (χ1v) is 8.00. The highest BCUT2D eigenvalue weighted by Gasteiger charge is 2.21. The van der Waals surface area contributed by atoms with Crippen molar-refractivity contribution in [3.05, 3.63) is 47.0 Å². The minimum atomic E-state index is -4.15. The first kappa shape index (κ1) is 15.3. The van der Waals surface area contributed by atoms with Gasteiger partial charge in [0.25, 0.3) is 14.7 Å². The molecule has 1 aromatic carbocycles. The molecule has 21 heavy (non-hydrogen) atoms. The summed E-state index contributed by atoms with van der Waals surface area (Å²) in [5.41, 5.74) is -0.379. The Morgan fingerprint density at radius 2 is 2.19 bits per heavy atom. The van der Waals surface area contributed by atoms with Gasteiger partial charge < -0.3 is 9.30 Å². The van der Waals surface area contributed by atoms with E-state index in [1.54, 1.807) is 23.3 Å². The number of rotatable bonds is 6. The zero-order chi connectivity index (χ0) is 15.5. The molecule has 1 aromatic heterocycles. The fourth-order valence-corrected chi connectivity index (χ4v) is 2.59. The van der Waals surface area contributed by atoms with Gasteiger partial charge in [-0.1, -0.05) is 0 Å². The van der Waals surface area contributed by atoms with Gasteiger partial charge in [-0.2, -0.15) is 0 Å². The quantitative estimate of drug-likeness (QED) is 0.454. The molecule has 0 aliphatic carbocycles. The van der Waals surface area contributed by atoms with Crippen molar-refractivity contribution >= 4 is 25.4 Å². The van der Waals surface area contributed by atoms with Gasteiger partial charge in [-0.25, -0.2) is 13.4 Å². The molecule has 0 spiro atoms. The summed E-state index contributed by atoms with van der Waals surface area (Å²) in [5, 5.41) is 10.7. The highest BCUT2D eigenvalue weighted by Crippen LogP contribution is 2.30. The van der Waals surface area contributed by atoms with Crippen molar-refractivity contribution in [3.8, 4) is 5.75 Å². The third kappa shape index (κ3) is 3.92. The Hall–Kier alpha value is -2.13. The molecule has 0 unspecified atom stereocenters. The van der Waals surface area contributed by atoms with E-state index in [1.807, 2.05) is 0 Å². The van der Waals surface area contributed by atoms with Gasteiger partial charge in [0.1, 0.15) is 17.3 Å². The van der Waals surface area contributed by atoms with Gasteiger partial charge in [0.2, 0.25) is 0 Å². The molecule has 0 radical (unpaired) electrons. The van der Waals surface area contributed by atoms with Crippen LogP contribution in [0.4, 0.5) is 5.69 Å². The topological polar surface area (TPSA) is 104 Å². The monoisotopic (exact) mass is 331 g/mol. The molecular formula is C11H10ClN3O5S. The normalized spacial score (nSPS) is 11.3. The van der Waals surface area contributed by atoms with E-state index < -0.39 is 18.9 Å². The number of benzene rings is 1. The van der Waals surface area contributed by atoms with Gasteiger partial charge >= 0.3 is 0 Å². The van der Waals surface area contributed by atoms with Crippen molar-refractivity contribution in [2.24, 2.45) is 0 Å². The largest absolute Gasteiger partial charge is 0.490 e. The van der Waals surface area contributed by atoms with Crippen LogP contribution in [0.1, 0.15) is 0 Å². The predicted molar refractivity (Wildman–Crippen MR) is 73.9 cm³/mol. The summed E-state index contributed by atoms with van der Waals surface area (Å²) >= 11 is 0. The van der Waals surface area contributed by atoms with Crippen molar-refractivity contribution in [1.29, 1.82) is 0 Å². The molecule has 0 aliphatic heterocycles. The molecule has 0 N–H and O–H groups in total. The van der Waals surface area contributed by atoms with Crippen LogP contribution in [0.5, 0.6) is 5.75 Å².